The molecule has 0 fully saturated rings. The summed E-state index contributed by atoms with van der Waals surface area (Å²) in [5.74, 6) is 0.549. The van der Waals surface area contributed by atoms with E-state index in [1.807, 2.05) is 25.1 Å². The number of amides is 2. The zero-order chi connectivity index (χ0) is 29.9. The number of carbonyl (C=O) groups excluding carboxylic acids is 2. The Balaban J connectivity index is 1.20. The zero-order valence-electron chi connectivity index (χ0n) is 23.5. The summed E-state index contributed by atoms with van der Waals surface area (Å²) in [5, 5.41) is 2.82. The van der Waals surface area contributed by atoms with Crippen molar-refractivity contribution >= 4 is 38.9 Å². The van der Waals surface area contributed by atoms with Crippen LogP contribution in [0.1, 0.15) is 27.0 Å². The lowest BCUT2D eigenvalue weighted by Crippen LogP contribution is -2.29. The predicted octanol–water partition coefficient (Wildman–Crippen LogP) is 5.33. The van der Waals surface area contributed by atoms with Crippen LogP contribution in [0.15, 0.2) is 89.8 Å². The van der Waals surface area contributed by atoms with E-state index >= 15 is 0 Å². The first kappa shape index (κ1) is 28.7. The van der Waals surface area contributed by atoms with E-state index in [-0.39, 0.29) is 17.4 Å². The van der Waals surface area contributed by atoms with Crippen LogP contribution in [0.4, 0.5) is 17.1 Å². The summed E-state index contributed by atoms with van der Waals surface area (Å²) in [4.78, 5) is 27.7. The number of rotatable bonds is 9. The smallest absolute Gasteiger partial charge is 0.262 e. The standard InChI is InChI=1S/C32H31N3O6S/c1-21-4-9-25(10-5-21)34-42(38,39)28-14-15-30(22(2)18-28)41-20-31(36)33-26-11-6-23-16-17-35(29(23)19-26)32(37)24-7-12-27(40-3)13-8-24/h4-15,18-19,34H,16-17,20H2,1-3H3,(H,33,36). The molecule has 0 saturated carbocycles. The highest BCUT2D eigenvalue weighted by molar-refractivity contribution is 7.92. The van der Waals surface area contributed by atoms with Crippen molar-refractivity contribution in [2.45, 2.75) is 25.2 Å². The highest BCUT2D eigenvalue weighted by Gasteiger charge is 2.26. The first-order chi connectivity index (χ1) is 20.1. The molecule has 0 spiro atoms. The second kappa shape index (κ2) is 12.0. The average Bonchev–Trinajstić information content (AvgIpc) is 3.40. The third-order valence-electron chi connectivity index (χ3n) is 6.97. The Morgan fingerprint density at radius 3 is 2.29 bits per heavy atom. The molecule has 0 aliphatic carbocycles. The van der Waals surface area contributed by atoms with Crippen LogP contribution in [0, 0.1) is 13.8 Å². The lowest BCUT2D eigenvalue weighted by atomic mass is 10.1. The molecule has 0 bridgehead atoms. The molecule has 0 saturated heterocycles. The summed E-state index contributed by atoms with van der Waals surface area (Å²) in [6.07, 6.45) is 0.722. The van der Waals surface area contributed by atoms with Gasteiger partial charge in [-0.25, -0.2) is 8.42 Å². The second-order valence-corrected chi connectivity index (χ2v) is 11.7. The Hall–Kier alpha value is -4.83. The molecule has 2 amide bonds. The van der Waals surface area contributed by atoms with E-state index < -0.39 is 15.9 Å². The molecule has 216 valence electrons. The topological polar surface area (TPSA) is 114 Å². The van der Waals surface area contributed by atoms with Gasteiger partial charge in [-0.05, 0) is 98.1 Å². The number of nitrogens with one attached hydrogen (secondary N) is 2. The van der Waals surface area contributed by atoms with Gasteiger partial charge < -0.3 is 19.7 Å². The first-order valence-electron chi connectivity index (χ1n) is 13.3. The van der Waals surface area contributed by atoms with Crippen LogP contribution in [-0.4, -0.2) is 40.5 Å². The fourth-order valence-electron chi connectivity index (χ4n) is 4.68. The number of aryl methyl sites for hydroxylation is 2. The number of benzene rings is 4. The van der Waals surface area contributed by atoms with Crippen LogP contribution in [-0.2, 0) is 21.2 Å². The molecule has 9 nitrogen and oxygen atoms in total. The van der Waals surface area contributed by atoms with Gasteiger partial charge in [-0.2, -0.15) is 0 Å². The minimum absolute atomic E-state index is 0.0873. The molecular formula is C32H31N3O6S. The number of ether oxygens (including phenoxy) is 2. The molecule has 1 aliphatic rings. The highest BCUT2D eigenvalue weighted by atomic mass is 32.2. The molecule has 0 unspecified atom stereocenters. The number of fused-ring (bicyclic) bond motifs is 1. The van der Waals surface area contributed by atoms with Crippen molar-refractivity contribution in [1.29, 1.82) is 0 Å². The number of sulfonamides is 1. The Morgan fingerprint density at radius 2 is 1.60 bits per heavy atom. The molecular weight excluding hydrogens is 554 g/mol. The van der Waals surface area contributed by atoms with E-state index in [4.69, 9.17) is 9.47 Å². The van der Waals surface area contributed by atoms with Crippen LogP contribution >= 0.6 is 0 Å². The van der Waals surface area contributed by atoms with Gasteiger partial charge in [0, 0.05) is 29.2 Å². The molecule has 1 heterocycles. The van der Waals surface area contributed by atoms with Crippen molar-refractivity contribution in [3.05, 3.63) is 107 Å². The maximum atomic E-state index is 13.2. The first-order valence-corrected chi connectivity index (χ1v) is 14.8. The van der Waals surface area contributed by atoms with Crippen LogP contribution in [0.3, 0.4) is 0 Å². The monoisotopic (exact) mass is 585 g/mol. The number of carbonyl (C=O) groups is 2. The molecule has 42 heavy (non-hydrogen) atoms. The van der Waals surface area contributed by atoms with E-state index in [0.717, 1.165) is 23.2 Å². The summed E-state index contributed by atoms with van der Waals surface area (Å²) < 4.78 is 39.1. The number of hydrogen-bond acceptors (Lipinski definition) is 6. The van der Waals surface area contributed by atoms with E-state index in [0.29, 0.717) is 40.5 Å². The third-order valence-corrected chi connectivity index (χ3v) is 8.34. The van der Waals surface area contributed by atoms with E-state index in [9.17, 15) is 18.0 Å². The second-order valence-electron chi connectivity index (χ2n) is 10.0. The average molecular weight is 586 g/mol. The van der Waals surface area contributed by atoms with Crippen molar-refractivity contribution < 1.29 is 27.5 Å². The van der Waals surface area contributed by atoms with Crippen LogP contribution in [0.2, 0.25) is 0 Å². The Bertz CT molecular complexity index is 1740. The minimum atomic E-state index is -3.79. The molecule has 10 heteroatoms. The van der Waals surface area contributed by atoms with Gasteiger partial charge in [-0.3, -0.25) is 14.3 Å². The zero-order valence-corrected chi connectivity index (χ0v) is 24.3. The number of hydrogen-bond donors (Lipinski definition) is 2. The molecule has 5 rings (SSSR count). The van der Waals surface area contributed by atoms with Gasteiger partial charge in [-0.1, -0.05) is 23.8 Å². The maximum absolute atomic E-state index is 13.2. The van der Waals surface area contributed by atoms with E-state index in [1.165, 1.54) is 18.2 Å². The summed E-state index contributed by atoms with van der Waals surface area (Å²) in [7, 11) is -2.22. The Labute approximate surface area is 245 Å². The predicted molar refractivity (Wildman–Crippen MR) is 162 cm³/mol. The quantitative estimate of drug-likeness (QED) is 0.274. The lowest BCUT2D eigenvalue weighted by Gasteiger charge is -2.18. The fourth-order valence-corrected chi connectivity index (χ4v) is 5.83. The van der Waals surface area contributed by atoms with Crippen LogP contribution in [0.25, 0.3) is 0 Å². The SMILES string of the molecule is COc1ccc(C(=O)N2CCc3ccc(NC(=O)COc4ccc(S(=O)(=O)Nc5ccc(C)cc5)cc4C)cc32)cc1. The molecule has 0 aromatic heterocycles. The number of nitrogens with zero attached hydrogens (tertiary/aromatic N) is 1. The Kier molecular flexibility index (Phi) is 8.17. The Morgan fingerprint density at radius 1 is 0.881 bits per heavy atom. The molecule has 1 aliphatic heterocycles. The van der Waals surface area contributed by atoms with E-state index in [1.54, 1.807) is 67.5 Å². The molecule has 2 N–H and O–H groups in total. The summed E-state index contributed by atoms with van der Waals surface area (Å²) in [5.41, 5.74) is 4.92. The normalized spacial score (nSPS) is 12.4. The molecule has 0 atom stereocenters. The summed E-state index contributed by atoms with van der Waals surface area (Å²) in [6, 6.07) is 24.0. The fraction of sp³-hybridized carbons (Fsp3) is 0.188. The van der Waals surface area contributed by atoms with Crippen molar-refractivity contribution in [1.82, 2.24) is 0 Å². The maximum Gasteiger partial charge on any atom is 0.262 e. The van der Waals surface area contributed by atoms with Crippen LogP contribution in [0.5, 0.6) is 11.5 Å². The largest absolute Gasteiger partial charge is 0.497 e. The molecule has 4 aromatic carbocycles. The van der Waals surface area contributed by atoms with Gasteiger partial charge in [0.05, 0.1) is 12.0 Å². The summed E-state index contributed by atoms with van der Waals surface area (Å²) in [6.45, 7) is 3.91. The third kappa shape index (κ3) is 6.39. The van der Waals surface area contributed by atoms with Crippen LogP contribution < -0.4 is 24.4 Å². The van der Waals surface area contributed by atoms with E-state index in [2.05, 4.69) is 10.0 Å². The van der Waals surface area contributed by atoms with Crippen molar-refractivity contribution in [2.24, 2.45) is 0 Å². The van der Waals surface area contributed by atoms with Gasteiger partial charge in [0.2, 0.25) is 0 Å². The lowest BCUT2D eigenvalue weighted by molar-refractivity contribution is -0.118. The summed E-state index contributed by atoms with van der Waals surface area (Å²) >= 11 is 0. The van der Waals surface area contributed by atoms with Gasteiger partial charge in [-0.15, -0.1) is 0 Å². The highest BCUT2D eigenvalue weighted by Crippen LogP contribution is 2.32. The van der Waals surface area contributed by atoms with Crippen molar-refractivity contribution in [3.63, 3.8) is 0 Å². The van der Waals surface area contributed by atoms with Gasteiger partial charge in [0.25, 0.3) is 21.8 Å². The minimum Gasteiger partial charge on any atom is -0.497 e. The van der Waals surface area contributed by atoms with Gasteiger partial charge >= 0.3 is 0 Å². The van der Waals surface area contributed by atoms with Gasteiger partial charge in [0.1, 0.15) is 11.5 Å². The molecule has 0 radical (unpaired) electrons. The van der Waals surface area contributed by atoms with Crippen molar-refractivity contribution in [2.75, 3.05) is 35.2 Å². The van der Waals surface area contributed by atoms with Gasteiger partial charge in [0.15, 0.2) is 6.61 Å². The molecule has 4 aromatic rings. The van der Waals surface area contributed by atoms with Crippen molar-refractivity contribution in [3.8, 4) is 11.5 Å². The number of methoxy groups -OCH3 is 1. The number of anilines is 3.